The van der Waals surface area contributed by atoms with E-state index in [-0.39, 0.29) is 29.4 Å². The number of rotatable bonds is 6. The summed E-state index contributed by atoms with van der Waals surface area (Å²) in [5.74, 6) is 2.13. The van der Waals surface area contributed by atoms with Crippen LogP contribution in [0.4, 0.5) is 0 Å². The van der Waals surface area contributed by atoms with E-state index in [1.54, 1.807) is 0 Å². The molecule has 0 spiro atoms. The third kappa shape index (κ3) is 5.02. The highest BCUT2D eigenvalue weighted by Crippen LogP contribution is 2.52. The molecule has 3 rings (SSSR count). The molecule has 0 radical (unpaired) electrons. The number of guanidine groups is 1. The Morgan fingerprint density at radius 1 is 1.27 bits per heavy atom. The summed E-state index contributed by atoms with van der Waals surface area (Å²) in [5, 5.41) is 7.12. The van der Waals surface area contributed by atoms with Gasteiger partial charge in [-0.05, 0) is 19.3 Å². The molecule has 2 saturated heterocycles. The van der Waals surface area contributed by atoms with Gasteiger partial charge in [0, 0.05) is 56.7 Å². The summed E-state index contributed by atoms with van der Waals surface area (Å²) in [6.45, 7) is 16.6. The van der Waals surface area contributed by atoms with Gasteiger partial charge in [-0.25, -0.2) is 0 Å². The highest BCUT2D eigenvalue weighted by Gasteiger charge is 2.59. The van der Waals surface area contributed by atoms with Gasteiger partial charge in [0.05, 0.1) is 19.3 Å². The lowest BCUT2D eigenvalue weighted by atomic mass is 9.57. The lowest BCUT2D eigenvalue weighted by Crippen LogP contribution is -2.68. The van der Waals surface area contributed by atoms with E-state index in [0.717, 1.165) is 58.5 Å². The zero-order valence-electron chi connectivity index (χ0n) is 16.8. The predicted molar refractivity (Wildman–Crippen MR) is 116 cm³/mol. The second-order valence-electron chi connectivity index (χ2n) is 8.43. The SMILES string of the molecule is CCNC(=NCC(C)CN1CCOCC1)NC1C2CCOC2C1(C)C.I. The Morgan fingerprint density at radius 3 is 2.69 bits per heavy atom. The summed E-state index contributed by atoms with van der Waals surface area (Å²) in [6, 6.07) is 0.451. The van der Waals surface area contributed by atoms with E-state index in [4.69, 9.17) is 14.5 Å². The monoisotopic (exact) mass is 480 g/mol. The maximum absolute atomic E-state index is 5.91. The van der Waals surface area contributed by atoms with Crippen LogP contribution in [0.1, 0.15) is 34.1 Å². The molecular formula is C19H37IN4O2. The summed E-state index contributed by atoms with van der Waals surface area (Å²) < 4.78 is 11.3. The molecule has 3 fully saturated rings. The lowest BCUT2D eigenvalue weighted by molar-refractivity contribution is -0.106. The first-order chi connectivity index (χ1) is 12.0. The molecule has 6 nitrogen and oxygen atoms in total. The largest absolute Gasteiger partial charge is 0.379 e. The van der Waals surface area contributed by atoms with E-state index < -0.39 is 0 Å². The minimum absolute atomic E-state index is 0. The van der Waals surface area contributed by atoms with Gasteiger partial charge in [-0.15, -0.1) is 24.0 Å². The fourth-order valence-corrected chi connectivity index (χ4v) is 4.61. The average Bonchev–Trinajstić information content (AvgIpc) is 3.05. The van der Waals surface area contributed by atoms with Crippen LogP contribution < -0.4 is 10.6 Å². The molecule has 0 aromatic heterocycles. The molecule has 1 aliphatic carbocycles. The van der Waals surface area contributed by atoms with Crippen LogP contribution in [0.25, 0.3) is 0 Å². The Hall–Kier alpha value is -0.120. The molecule has 0 bridgehead atoms. The van der Waals surface area contributed by atoms with Crippen LogP contribution in [-0.2, 0) is 9.47 Å². The van der Waals surface area contributed by atoms with Crippen LogP contribution >= 0.6 is 24.0 Å². The number of nitrogens with one attached hydrogen (secondary N) is 2. The van der Waals surface area contributed by atoms with Crippen molar-refractivity contribution in [2.75, 3.05) is 52.5 Å². The zero-order chi connectivity index (χ0) is 17.9. The van der Waals surface area contributed by atoms with E-state index in [1.165, 1.54) is 6.42 Å². The van der Waals surface area contributed by atoms with E-state index in [2.05, 4.69) is 43.2 Å². The Labute approximate surface area is 175 Å². The average molecular weight is 480 g/mol. The van der Waals surface area contributed by atoms with Crippen molar-refractivity contribution in [3.63, 3.8) is 0 Å². The van der Waals surface area contributed by atoms with Crippen LogP contribution in [0.5, 0.6) is 0 Å². The molecular weight excluding hydrogens is 443 g/mol. The van der Waals surface area contributed by atoms with Gasteiger partial charge in [0.2, 0.25) is 0 Å². The fraction of sp³-hybridized carbons (Fsp3) is 0.947. The van der Waals surface area contributed by atoms with Gasteiger partial charge in [-0.2, -0.15) is 0 Å². The van der Waals surface area contributed by atoms with Gasteiger partial charge in [-0.3, -0.25) is 9.89 Å². The molecule has 4 atom stereocenters. The van der Waals surface area contributed by atoms with Crippen LogP contribution in [0, 0.1) is 17.3 Å². The third-order valence-corrected chi connectivity index (χ3v) is 5.97. The van der Waals surface area contributed by atoms with Crippen molar-refractivity contribution >= 4 is 29.9 Å². The van der Waals surface area contributed by atoms with Crippen LogP contribution in [0.2, 0.25) is 0 Å². The van der Waals surface area contributed by atoms with Crippen molar-refractivity contribution in [2.45, 2.75) is 46.3 Å². The first kappa shape index (κ1) is 22.2. The maximum atomic E-state index is 5.91. The Balaban J connectivity index is 0.00000243. The van der Waals surface area contributed by atoms with Crippen LogP contribution in [-0.4, -0.2) is 75.5 Å². The van der Waals surface area contributed by atoms with Crippen molar-refractivity contribution in [2.24, 2.45) is 22.2 Å². The summed E-state index contributed by atoms with van der Waals surface area (Å²) in [4.78, 5) is 7.36. The molecule has 152 valence electrons. The van der Waals surface area contributed by atoms with Gasteiger partial charge >= 0.3 is 0 Å². The minimum atomic E-state index is 0. The standard InChI is InChI=1S/C19H36N4O2.HI/c1-5-20-18(21-12-14(2)13-23-7-10-24-11-8-23)22-16-15-6-9-25-17(15)19(16,3)4;/h14-17H,5-13H2,1-4H3,(H2,20,21,22);1H. The number of fused-ring (bicyclic) bond motifs is 1. The molecule has 2 heterocycles. The normalized spacial score (nSPS) is 32.2. The number of aliphatic imine (C=N–C) groups is 1. The Kier molecular flexibility index (Phi) is 8.43. The maximum Gasteiger partial charge on any atom is 0.191 e. The Morgan fingerprint density at radius 2 is 2.00 bits per heavy atom. The smallest absolute Gasteiger partial charge is 0.191 e. The molecule has 2 N–H and O–H groups in total. The van der Waals surface area contributed by atoms with Gasteiger partial charge in [-0.1, -0.05) is 20.8 Å². The van der Waals surface area contributed by atoms with Crippen LogP contribution in [0.15, 0.2) is 4.99 Å². The topological polar surface area (TPSA) is 58.1 Å². The van der Waals surface area contributed by atoms with Gasteiger partial charge in [0.25, 0.3) is 0 Å². The van der Waals surface area contributed by atoms with Gasteiger partial charge in [0.15, 0.2) is 5.96 Å². The molecule has 26 heavy (non-hydrogen) atoms. The van der Waals surface area contributed by atoms with E-state index in [0.29, 0.717) is 24.0 Å². The molecule has 2 aliphatic heterocycles. The number of hydrogen-bond acceptors (Lipinski definition) is 4. The molecule has 0 aromatic carbocycles. The van der Waals surface area contributed by atoms with Crippen molar-refractivity contribution in [3.05, 3.63) is 0 Å². The highest BCUT2D eigenvalue weighted by atomic mass is 127. The number of nitrogens with zero attached hydrogens (tertiary/aromatic N) is 2. The highest BCUT2D eigenvalue weighted by molar-refractivity contribution is 14.0. The third-order valence-electron chi connectivity index (χ3n) is 5.97. The first-order valence-electron chi connectivity index (χ1n) is 9.99. The van der Waals surface area contributed by atoms with Crippen LogP contribution in [0.3, 0.4) is 0 Å². The second kappa shape index (κ2) is 9.89. The minimum Gasteiger partial charge on any atom is -0.379 e. The number of hydrogen-bond donors (Lipinski definition) is 2. The number of ether oxygens (including phenoxy) is 2. The predicted octanol–water partition coefficient (Wildman–Crippen LogP) is 1.94. The van der Waals surface area contributed by atoms with Crippen molar-refractivity contribution in [1.82, 2.24) is 15.5 Å². The summed E-state index contributed by atoms with van der Waals surface area (Å²) >= 11 is 0. The second-order valence-corrected chi connectivity index (χ2v) is 8.43. The number of halogens is 1. The van der Waals surface area contributed by atoms with Crippen molar-refractivity contribution in [3.8, 4) is 0 Å². The van der Waals surface area contributed by atoms with Gasteiger partial charge < -0.3 is 20.1 Å². The fourth-order valence-electron chi connectivity index (χ4n) is 4.61. The summed E-state index contributed by atoms with van der Waals surface area (Å²) in [6.07, 6.45) is 1.58. The molecule has 3 aliphatic rings. The zero-order valence-corrected chi connectivity index (χ0v) is 19.1. The van der Waals surface area contributed by atoms with E-state index in [1.807, 2.05) is 0 Å². The Bertz CT molecular complexity index is 468. The van der Waals surface area contributed by atoms with Crippen molar-refractivity contribution < 1.29 is 9.47 Å². The molecule has 0 aromatic rings. The number of morpholine rings is 1. The van der Waals surface area contributed by atoms with Gasteiger partial charge in [0.1, 0.15) is 0 Å². The van der Waals surface area contributed by atoms with E-state index in [9.17, 15) is 0 Å². The molecule has 7 heteroatoms. The molecule has 1 saturated carbocycles. The summed E-state index contributed by atoms with van der Waals surface area (Å²) in [7, 11) is 0. The lowest BCUT2D eigenvalue weighted by Gasteiger charge is -2.54. The first-order valence-corrected chi connectivity index (χ1v) is 9.99. The summed E-state index contributed by atoms with van der Waals surface area (Å²) in [5.41, 5.74) is 0.177. The quantitative estimate of drug-likeness (QED) is 0.346. The van der Waals surface area contributed by atoms with Crippen molar-refractivity contribution in [1.29, 1.82) is 0 Å². The van der Waals surface area contributed by atoms with E-state index >= 15 is 0 Å². The molecule has 0 amide bonds. The molecule has 4 unspecified atom stereocenters.